The lowest BCUT2D eigenvalue weighted by Crippen LogP contribution is -2.13. The molecule has 0 radical (unpaired) electrons. The fourth-order valence-corrected chi connectivity index (χ4v) is 4.63. The molecule has 1 N–H and O–H groups in total. The number of rotatable bonds is 3. The zero-order valence-electron chi connectivity index (χ0n) is 17.0. The number of hydrogen-bond donors (Lipinski definition) is 1. The van der Waals surface area contributed by atoms with E-state index in [0.29, 0.717) is 38.2 Å². The summed E-state index contributed by atoms with van der Waals surface area (Å²) < 4.78 is 1.79. The van der Waals surface area contributed by atoms with E-state index in [-0.39, 0.29) is 5.43 Å². The second-order valence-corrected chi connectivity index (χ2v) is 8.61. The van der Waals surface area contributed by atoms with Crippen LogP contribution < -0.4 is 10.7 Å². The normalized spacial score (nSPS) is 13.5. The third-order valence-corrected chi connectivity index (χ3v) is 6.12. The van der Waals surface area contributed by atoms with Crippen LogP contribution in [0, 0.1) is 0 Å². The van der Waals surface area contributed by atoms with E-state index in [1.807, 2.05) is 13.1 Å². The summed E-state index contributed by atoms with van der Waals surface area (Å²) in [5.41, 5.74) is 4.78. The van der Waals surface area contributed by atoms with Crippen molar-refractivity contribution in [3.05, 3.63) is 80.2 Å². The number of nitrogens with one attached hydrogen (secondary N) is 1. The topological polar surface area (TPSA) is 63.1 Å². The lowest BCUT2D eigenvalue weighted by Gasteiger charge is -2.12. The van der Waals surface area contributed by atoms with Gasteiger partial charge < -0.3 is 9.88 Å². The lowest BCUT2D eigenvalue weighted by molar-refractivity contribution is 0.353. The van der Waals surface area contributed by atoms with Crippen molar-refractivity contribution < 1.29 is 0 Å². The lowest BCUT2D eigenvalue weighted by atomic mass is 10.1. The molecule has 3 heterocycles. The molecule has 0 atom stereocenters. The molecule has 1 aliphatic rings. The van der Waals surface area contributed by atoms with Crippen LogP contribution in [0.2, 0.25) is 10.0 Å². The maximum atomic E-state index is 13.2. The quantitative estimate of drug-likeness (QED) is 0.475. The first-order valence-electron chi connectivity index (χ1n) is 9.79. The average molecular weight is 452 g/mol. The van der Waals surface area contributed by atoms with E-state index >= 15 is 0 Å². The van der Waals surface area contributed by atoms with E-state index in [4.69, 9.17) is 23.2 Å². The Balaban J connectivity index is 1.55. The molecule has 31 heavy (non-hydrogen) atoms. The Kier molecular flexibility index (Phi) is 4.93. The number of aromatic nitrogens is 3. The van der Waals surface area contributed by atoms with Gasteiger partial charge in [-0.2, -0.15) is 4.98 Å². The van der Waals surface area contributed by atoms with Gasteiger partial charge in [-0.3, -0.25) is 9.69 Å². The van der Waals surface area contributed by atoms with Gasteiger partial charge in [0, 0.05) is 49.3 Å². The molecule has 5 rings (SSSR count). The average Bonchev–Trinajstić information content (AvgIpc) is 3.10. The van der Waals surface area contributed by atoms with Crippen molar-refractivity contribution in [2.24, 2.45) is 7.05 Å². The van der Waals surface area contributed by atoms with Crippen molar-refractivity contribution in [2.75, 3.05) is 12.4 Å². The summed E-state index contributed by atoms with van der Waals surface area (Å²) >= 11 is 12.7. The Bertz CT molecular complexity index is 1380. The van der Waals surface area contributed by atoms with E-state index in [9.17, 15) is 4.79 Å². The van der Waals surface area contributed by atoms with Gasteiger partial charge in [0.25, 0.3) is 0 Å². The van der Waals surface area contributed by atoms with Gasteiger partial charge in [0.15, 0.2) is 0 Å². The molecular formula is C23H19Cl2N5O. The van der Waals surface area contributed by atoms with Crippen LogP contribution in [0.3, 0.4) is 0 Å². The predicted octanol–water partition coefficient (Wildman–Crippen LogP) is 4.99. The summed E-state index contributed by atoms with van der Waals surface area (Å²) in [6.07, 6.45) is 3.25. The molecule has 0 amide bonds. The van der Waals surface area contributed by atoms with Crippen molar-refractivity contribution in [1.29, 1.82) is 0 Å². The summed E-state index contributed by atoms with van der Waals surface area (Å²) in [5.74, 6) is 0.428. The molecule has 156 valence electrons. The van der Waals surface area contributed by atoms with E-state index in [2.05, 4.69) is 39.4 Å². The molecule has 2 aromatic heterocycles. The van der Waals surface area contributed by atoms with Crippen LogP contribution >= 0.6 is 23.2 Å². The largest absolute Gasteiger partial charge is 0.335 e. The Labute approximate surface area is 189 Å². The highest BCUT2D eigenvalue weighted by Crippen LogP contribution is 2.33. The fraction of sp³-hybridized carbons (Fsp3) is 0.174. The Morgan fingerprint density at radius 1 is 1.03 bits per heavy atom. The molecule has 0 saturated carbocycles. The van der Waals surface area contributed by atoms with Crippen LogP contribution in [-0.2, 0) is 20.1 Å². The zero-order valence-corrected chi connectivity index (χ0v) is 18.5. The summed E-state index contributed by atoms with van der Waals surface area (Å²) in [5, 5.41) is 4.50. The van der Waals surface area contributed by atoms with Gasteiger partial charge in [0.05, 0.1) is 15.4 Å². The first-order chi connectivity index (χ1) is 14.9. The Morgan fingerprint density at radius 3 is 2.55 bits per heavy atom. The van der Waals surface area contributed by atoms with Gasteiger partial charge in [-0.15, -0.1) is 0 Å². The number of fused-ring (bicyclic) bond motifs is 2. The van der Waals surface area contributed by atoms with Crippen LogP contribution in [0.5, 0.6) is 0 Å². The second-order valence-electron chi connectivity index (χ2n) is 7.79. The maximum Gasteiger partial charge on any atom is 0.229 e. The second kappa shape index (κ2) is 7.64. The third-order valence-electron chi connectivity index (χ3n) is 5.49. The standard InChI is InChI=1S/C23H19Cl2N5O/c1-29-10-13-6-7-15(8-14(13)11-29)27-23-26-9-16-21(31)17(12-30(2)22(16)28-23)20-18(24)4-3-5-19(20)25/h3-9,12H,10-11H2,1-2H3,(H,26,27,28). The van der Waals surface area contributed by atoms with Crippen LogP contribution in [-0.4, -0.2) is 26.5 Å². The molecule has 6 nitrogen and oxygen atoms in total. The minimum absolute atomic E-state index is 0.213. The van der Waals surface area contributed by atoms with Gasteiger partial charge in [-0.1, -0.05) is 35.3 Å². The molecule has 0 unspecified atom stereocenters. The van der Waals surface area contributed by atoms with E-state index in [1.54, 1.807) is 35.2 Å². The van der Waals surface area contributed by atoms with E-state index in [0.717, 1.165) is 18.8 Å². The van der Waals surface area contributed by atoms with Crippen molar-refractivity contribution in [3.8, 4) is 11.1 Å². The fourth-order valence-electron chi connectivity index (χ4n) is 4.03. The molecule has 0 spiro atoms. The monoisotopic (exact) mass is 451 g/mol. The van der Waals surface area contributed by atoms with E-state index < -0.39 is 0 Å². The highest BCUT2D eigenvalue weighted by atomic mass is 35.5. The number of hydrogen-bond acceptors (Lipinski definition) is 5. The highest BCUT2D eigenvalue weighted by molar-refractivity contribution is 6.39. The van der Waals surface area contributed by atoms with Crippen LogP contribution in [0.4, 0.5) is 11.6 Å². The van der Waals surface area contributed by atoms with Crippen molar-refractivity contribution in [3.63, 3.8) is 0 Å². The number of pyridine rings is 1. The number of benzene rings is 2. The minimum Gasteiger partial charge on any atom is -0.335 e. The summed E-state index contributed by atoms with van der Waals surface area (Å²) in [4.78, 5) is 24.4. The third kappa shape index (κ3) is 3.57. The Morgan fingerprint density at radius 2 is 1.77 bits per heavy atom. The van der Waals surface area contributed by atoms with Gasteiger partial charge in [0.1, 0.15) is 5.65 Å². The molecule has 0 fully saturated rings. The van der Waals surface area contributed by atoms with Gasteiger partial charge in [-0.25, -0.2) is 4.98 Å². The number of anilines is 2. The number of halogens is 2. The van der Waals surface area contributed by atoms with Crippen LogP contribution in [0.25, 0.3) is 22.2 Å². The van der Waals surface area contributed by atoms with Crippen LogP contribution in [0.15, 0.2) is 53.6 Å². The summed E-state index contributed by atoms with van der Waals surface area (Å²) in [7, 11) is 3.93. The summed E-state index contributed by atoms with van der Waals surface area (Å²) in [6, 6.07) is 11.4. The van der Waals surface area contributed by atoms with Crippen molar-refractivity contribution in [2.45, 2.75) is 13.1 Å². The van der Waals surface area contributed by atoms with Gasteiger partial charge in [-0.05, 0) is 42.4 Å². The molecule has 4 aromatic rings. The smallest absolute Gasteiger partial charge is 0.229 e. The molecule has 1 aliphatic heterocycles. The zero-order chi connectivity index (χ0) is 21.7. The van der Waals surface area contributed by atoms with Gasteiger partial charge in [0.2, 0.25) is 11.4 Å². The van der Waals surface area contributed by atoms with E-state index in [1.165, 1.54) is 11.1 Å². The first kappa shape index (κ1) is 20.0. The predicted molar refractivity (Wildman–Crippen MR) is 125 cm³/mol. The first-order valence-corrected chi connectivity index (χ1v) is 10.5. The highest BCUT2D eigenvalue weighted by Gasteiger charge is 2.18. The SMILES string of the molecule is CN1Cc2ccc(Nc3ncc4c(=O)c(-c5c(Cl)cccc5Cl)cn(C)c4n3)cc2C1. The van der Waals surface area contributed by atoms with Gasteiger partial charge >= 0.3 is 0 Å². The van der Waals surface area contributed by atoms with Crippen molar-refractivity contribution >= 4 is 45.9 Å². The minimum atomic E-state index is -0.213. The molecular weight excluding hydrogens is 433 g/mol. The van der Waals surface area contributed by atoms with Crippen LogP contribution in [0.1, 0.15) is 11.1 Å². The molecule has 8 heteroatoms. The molecule has 0 bridgehead atoms. The number of nitrogens with zero attached hydrogens (tertiary/aromatic N) is 4. The summed E-state index contributed by atoms with van der Waals surface area (Å²) in [6.45, 7) is 1.88. The van der Waals surface area contributed by atoms with Crippen molar-refractivity contribution in [1.82, 2.24) is 19.4 Å². The molecule has 2 aromatic carbocycles. The molecule has 0 aliphatic carbocycles. The maximum absolute atomic E-state index is 13.2. The molecule has 0 saturated heterocycles. The number of aryl methyl sites for hydroxylation is 1. The Hall–Kier alpha value is -2.93.